The lowest BCUT2D eigenvalue weighted by Crippen LogP contribution is -2.50. The van der Waals surface area contributed by atoms with Crippen molar-refractivity contribution in [3.8, 4) is 0 Å². The molecule has 23 heavy (non-hydrogen) atoms. The van der Waals surface area contributed by atoms with Crippen molar-refractivity contribution in [1.82, 2.24) is 34.7 Å². The molecule has 4 rings (SSSR count). The second-order valence-corrected chi connectivity index (χ2v) is 6.67. The maximum Gasteiger partial charge on any atom is 0.233 e. The zero-order valence-corrected chi connectivity index (χ0v) is 13.5. The van der Waals surface area contributed by atoms with Gasteiger partial charge in [-0.05, 0) is 6.42 Å². The van der Waals surface area contributed by atoms with Crippen LogP contribution in [-0.4, -0.2) is 65.5 Å². The van der Waals surface area contributed by atoms with Crippen LogP contribution in [0.25, 0.3) is 0 Å². The topological polar surface area (TPSA) is 91.0 Å². The highest BCUT2D eigenvalue weighted by Crippen LogP contribution is 2.30. The largest absolute Gasteiger partial charge is 0.370 e. The SMILES string of the molecule is Cn1cnnc1SCC(=O)N1CC[C@@H]2OCc3cnnn3[C@H]2C1. The van der Waals surface area contributed by atoms with Crippen molar-refractivity contribution in [2.75, 3.05) is 18.8 Å². The van der Waals surface area contributed by atoms with Gasteiger partial charge >= 0.3 is 0 Å². The summed E-state index contributed by atoms with van der Waals surface area (Å²) in [5.41, 5.74) is 0.967. The first-order valence-electron chi connectivity index (χ1n) is 7.47. The number of rotatable bonds is 3. The molecule has 2 atom stereocenters. The predicted octanol–water partition coefficient (Wildman–Crippen LogP) is -0.129. The second kappa shape index (κ2) is 5.93. The number of nitrogens with zero attached hydrogens (tertiary/aromatic N) is 7. The zero-order chi connectivity index (χ0) is 15.8. The molecule has 0 aliphatic carbocycles. The third-order valence-electron chi connectivity index (χ3n) is 4.28. The van der Waals surface area contributed by atoms with Gasteiger partial charge in [0.05, 0.1) is 36.4 Å². The van der Waals surface area contributed by atoms with E-state index in [1.807, 2.05) is 16.6 Å². The number of fused-ring (bicyclic) bond motifs is 3. The van der Waals surface area contributed by atoms with E-state index < -0.39 is 0 Å². The van der Waals surface area contributed by atoms with E-state index in [0.717, 1.165) is 17.3 Å². The number of likely N-dealkylation sites (tertiary alicyclic amines) is 1. The summed E-state index contributed by atoms with van der Waals surface area (Å²) in [7, 11) is 1.86. The molecule has 0 aromatic carbocycles. The Kier molecular flexibility index (Phi) is 3.77. The average molecular weight is 335 g/mol. The third kappa shape index (κ3) is 2.72. The number of carbonyl (C=O) groups is 1. The maximum absolute atomic E-state index is 12.5. The summed E-state index contributed by atoms with van der Waals surface area (Å²) in [5, 5.41) is 16.7. The number of ether oxygens (including phenoxy) is 1. The molecule has 0 N–H and O–H groups in total. The van der Waals surface area contributed by atoms with Gasteiger partial charge in [-0.15, -0.1) is 15.3 Å². The van der Waals surface area contributed by atoms with Crippen LogP contribution in [0.2, 0.25) is 0 Å². The molecule has 2 aromatic heterocycles. The molecule has 2 aliphatic rings. The highest BCUT2D eigenvalue weighted by atomic mass is 32.2. The van der Waals surface area contributed by atoms with Gasteiger partial charge < -0.3 is 14.2 Å². The van der Waals surface area contributed by atoms with Crippen LogP contribution in [0.3, 0.4) is 0 Å². The molecule has 0 spiro atoms. The summed E-state index contributed by atoms with van der Waals surface area (Å²) in [4.78, 5) is 14.4. The number of carbonyl (C=O) groups excluding carboxylic acids is 1. The van der Waals surface area contributed by atoms with Gasteiger partial charge in [0.15, 0.2) is 5.16 Å². The normalized spacial score (nSPS) is 23.4. The molecule has 0 saturated carbocycles. The van der Waals surface area contributed by atoms with Gasteiger partial charge in [-0.3, -0.25) is 4.79 Å². The summed E-state index contributed by atoms with van der Waals surface area (Å²) in [6.07, 6.45) is 4.29. The Morgan fingerprint density at radius 3 is 3.22 bits per heavy atom. The van der Waals surface area contributed by atoms with Crippen LogP contribution in [-0.2, 0) is 23.2 Å². The number of thioether (sulfide) groups is 1. The highest BCUT2D eigenvalue weighted by Gasteiger charge is 2.37. The van der Waals surface area contributed by atoms with Crippen molar-refractivity contribution in [2.24, 2.45) is 7.05 Å². The number of aromatic nitrogens is 6. The Bertz CT molecular complexity index is 715. The Morgan fingerprint density at radius 2 is 2.39 bits per heavy atom. The molecule has 4 heterocycles. The van der Waals surface area contributed by atoms with Crippen LogP contribution in [0, 0.1) is 0 Å². The summed E-state index contributed by atoms with van der Waals surface area (Å²) in [5.74, 6) is 0.457. The van der Waals surface area contributed by atoms with E-state index in [0.29, 0.717) is 25.4 Å². The van der Waals surface area contributed by atoms with E-state index in [9.17, 15) is 4.79 Å². The van der Waals surface area contributed by atoms with Gasteiger partial charge in [-0.25, -0.2) is 4.68 Å². The van der Waals surface area contributed by atoms with E-state index in [1.54, 1.807) is 17.1 Å². The molecule has 0 radical (unpaired) electrons. The lowest BCUT2D eigenvalue weighted by Gasteiger charge is -2.40. The summed E-state index contributed by atoms with van der Waals surface area (Å²) in [6, 6.07) is 0.0544. The fraction of sp³-hybridized carbons (Fsp3) is 0.615. The minimum atomic E-state index is 0.0544. The van der Waals surface area contributed by atoms with Crippen molar-refractivity contribution in [3.05, 3.63) is 18.2 Å². The fourth-order valence-corrected chi connectivity index (χ4v) is 3.82. The number of piperidine rings is 1. The lowest BCUT2D eigenvalue weighted by molar-refractivity contribution is -0.135. The number of amides is 1. The van der Waals surface area contributed by atoms with Crippen LogP contribution in [0.4, 0.5) is 0 Å². The molecule has 1 amide bonds. The van der Waals surface area contributed by atoms with Gasteiger partial charge in [0.2, 0.25) is 5.91 Å². The first-order valence-corrected chi connectivity index (χ1v) is 8.46. The zero-order valence-electron chi connectivity index (χ0n) is 12.7. The van der Waals surface area contributed by atoms with Crippen LogP contribution in [0.5, 0.6) is 0 Å². The Labute approximate surface area is 137 Å². The average Bonchev–Trinajstić information content (AvgIpc) is 3.20. The van der Waals surface area contributed by atoms with Gasteiger partial charge in [0.25, 0.3) is 0 Å². The maximum atomic E-state index is 12.5. The molecule has 10 heteroatoms. The third-order valence-corrected chi connectivity index (χ3v) is 5.30. The van der Waals surface area contributed by atoms with Crippen molar-refractivity contribution < 1.29 is 9.53 Å². The first kappa shape index (κ1) is 14.6. The van der Waals surface area contributed by atoms with Crippen LogP contribution >= 0.6 is 11.8 Å². The summed E-state index contributed by atoms with van der Waals surface area (Å²) >= 11 is 1.40. The van der Waals surface area contributed by atoms with Gasteiger partial charge in [-0.2, -0.15) is 0 Å². The molecular weight excluding hydrogens is 318 g/mol. The van der Waals surface area contributed by atoms with Gasteiger partial charge in [-0.1, -0.05) is 17.0 Å². The van der Waals surface area contributed by atoms with Crippen LogP contribution in [0.15, 0.2) is 17.7 Å². The Morgan fingerprint density at radius 1 is 1.48 bits per heavy atom. The number of hydrogen-bond donors (Lipinski definition) is 0. The first-order chi connectivity index (χ1) is 11.2. The molecule has 9 nitrogen and oxygen atoms in total. The van der Waals surface area contributed by atoms with E-state index in [-0.39, 0.29) is 18.1 Å². The lowest BCUT2D eigenvalue weighted by atomic mass is 10.0. The molecule has 2 aliphatic heterocycles. The van der Waals surface area contributed by atoms with Crippen LogP contribution < -0.4 is 0 Å². The molecule has 1 fully saturated rings. The monoisotopic (exact) mass is 335 g/mol. The Hall–Kier alpha value is -1.94. The van der Waals surface area contributed by atoms with Crippen molar-refractivity contribution in [3.63, 3.8) is 0 Å². The molecule has 0 unspecified atom stereocenters. The minimum absolute atomic E-state index is 0.0544. The number of hydrogen-bond acceptors (Lipinski definition) is 7. The quantitative estimate of drug-likeness (QED) is 0.722. The summed E-state index contributed by atoms with van der Waals surface area (Å²) < 4.78 is 9.58. The minimum Gasteiger partial charge on any atom is -0.370 e. The van der Waals surface area contributed by atoms with E-state index in [2.05, 4.69) is 20.5 Å². The fourth-order valence-electron chi connectivity index (χ4n) is 3.03. The van der Waals surface area contributed by atoms with E-state index in [4.69, 9.17) is 4.74 Å². The highest BCUT2D eigenvalue weighted by molar-refractivity contribution is 7.99. The number of aryl methyl sites for hydroxylation is 1. The van der Waals surface area contributed by atoms with E-state index >= 15 is 0 Å². The predicted molar refractivity (Wildman–Crippen MR) is 80.6 cm³/mol. The van der Waals surface area contributed by atoms with Gasteiger partial charge in [0.1, 0.15) is 6.33 Å². The molecular formula is C13H17N7O2S. The van der Waals surface area contributed by atoms with E-state index in [1.165, 1.54) is 11.8 Å². The summed E-state index contributed by atoms with van der Waals surface area (Å²) in [6.45, 7) is 1.87. The second-order valence-electron chi connectivity index (χ2n) is 5.73. The van der Waals surface area contributed by atoms with Crippen molar-refractivity contribution >= 4 is 17.7 Å². The molecule has 122 valence electrons. The standard InChI is InChI=1S/C13H17N7O2S/c1-18-8-15-16-13(18)23-7-12(21)19-3-2-11-10(5-19)20-9(6-22-11)4-14-17-20/h4,8,10-11H,2-3,5-7H2,1H3/t10-,11-/m0/s1. The van der Waals surface area contributed by atoms with Crippen LogP contribution in [0.1, 0.15) is 18.2 Å². The van der Waals surface area contributed by atoms with Crippen molar-refractivity contribution in [2.45, 2.75) is 30.3 Å². The molecule has 1 saturated heterocycles. The molecule has 2 aromatic rings. The smallest absolute Gasteiger partial charge is 0.233 e. The molecule has 0 bridgehead atoms. The van der Waals surface area contributed by atoms with Gasteiger partial charge in [0, 0.05) is 20.1 Å². The Balaban J connectivity index is 1.41. The van der Waals surface area contributed by atoms with Crippen molar-refractivity contribution in [1.29, 1.82) is 0 Å².